The zero-order valence-electron chi connectivity index (χ0n) is 6.73. The molecule has 0 aliphatic carbocycles. The van der Waals surface area contributed by atoms with E-state index in [2.05, 4.69) is 27.3 Å². The Morgan fingerprint density at radius 1 is 1.42 bits per heavy atom. The van der Waals surface area contributed by atoms with Gasteiger partial charge in [0, 0.05) is 16.7 Å². The average Bonchev–Trinajstić information content (AvgIpc) is 2.12. The van der Waals surface area contributed by atoms with Gasteiger partial charge in [-0.25, -0.2) is 0 Å². The van der Waals surface area contributed by atoms with E-state index < -0.39 is 0 Å². The number of hydrogen-bond acceptors (Lipinski definition) is 2. The van der Waals surface area contributed by atoms with E-state index in [9.17, 15) is 0 Å². The van der Waals surface area contributed by atoms with Gasteiger partial charge >= 0.3 is 0 Å². The SMILES string of the molecule is Nc1ccc2c(c1Br)CNCC2. The molecular weight excluding hydrogens is 216 g/mol. The molecular formula is C9H11BrN2. The minimum Gasteiger partial charge on any atom is -0.398 e. The predicted octanol–water partition coefficient (Wildman–Crippen LogP) is 1.68. The summed E-state index contributed by atoms with van der Waals surface area (Å²) in [5.74, 6) is 0. The normalized spacial score (nSPS) is 15.8. The lowest BCUT2D eigenvalue weighted by molar-refractivity contribution is 0.642. The second kappa shape index (κ2) is 3.07. The molecule has 64 valence electrons. The van der Waals surface area contributed by atoms with Crippen LogP contribution in [0.2, 0.25) is 0 Å². The van der Waals surface area contributed by atoms with E-state index in [-0.39, 0.29) is 0 Å². The fourth-order valence-corrected chi connectivity index (χ4v) is 2.07. The maximum Gasteiger partial charge on any atom is 0.0462 e. The minimum absolute atomic E-state index is 0.831. The number of anilines is 1. The summed E-state index contributed by atoms with van der Waals surface area (Å²) in [6.07, 6.45) is 1.11. The van der Waals surface area contributed by atoms with Gasteiger partial charge in [0.2, 0.25) is 0 Å². The number of nitrogens with one attached hydrogen (secondary N) is 1. The van der Waals surface area contributed by atoms with Crippen molar-refractivity contribution in [1.29, 1.82) is 0 Å². The van der Waals surface area contributed by atoms with Crippen LogP contribution in [0.4, 0.5) is 5.69 Å². The molecule has 0 bridgehead atoms. The number of rotatable bonds is 0. The molecule has 1 heterocycles. The molecule has 1 aliphatic heterocycles. The van der Waals surface area contributed by atoms with Gasteiger partial charge in [-0.3, -0.25) is 0 Å². The number of hydrogen-bond donors (Lipinski definition) is 2. The first kappa shape index (κ1) is 8.08. The van der Waals surface area contributed by atoms with Crippen molar-refractivity contribution in [3.63, 3.8) is 0 Å². The highest BCUT2D eigenvalue weighted by molar-refractivity contribution is 9.10. The van der Waals surface area contributed by atoms with Gasteiger partial charge in [-0.2, -0.15) is 0 Å². The molecule has 3 N–H and O–H groups in total. The molecule has 2 rings (SSSR count). The van der Waals surface area contributed by atoms with E-state index in [0.717, 1.165) is 29.7 Å². The van der Waals surface area contributed by atoms with Crippen molar-refractivity contribution in [1.82, 2.24) is 5.32 Å². The van der Waals surface area contributed by atoms with Gasteiger partial charge in [-0.05, 0) is 46.1 Å². The summed E-state index contributed by atoms with van der Waals surface area (Å²) >= 11 is 3.50. The molecule has 0 spiro atoms. The van der Waals surface area contributed by atoms with Crippen LogP contribution in [0, 0.1) is 0 Å². The topological polar surface area (TPSA) is 38.0 Å². The summed E-state index contributed by atoms with van der Waals surface area (Å²) < 4.78 is 1.06. The van der Waals surface area contributed by atoms with Crippen molar-refractivity contribution in [2.75, 3.05) is 12.3 Å². The third kappa shape index (κ3) is 1.23. The zero-order chi connectivity index (χ0) is 8.55. The van der Waals surface area contributed by atoms with Crippen molar-refractivity contribution in [3.05, 3.63) is 27.7 Å². The molecule has 0 atom stereocenters. The fourth-order valence-electron chi connectivity index (χ4n) is 1.54. The highest BCUT2D eigenvalue weighted by Gasteiger charge is 2.12. The van der Waals surface area contributed by atoms with Gasteiger partial charge in [0.25, 0.3) is 0 Å². The third-order valence-corrected chi connectivity index (χ3v) is 3.18. The van der Waals surface area contributed by atoms with Crippen molar-refractivity contribution in [3.8, 4) is 0 Å². The van der Waals surface area contributed by atoms with Gasteiger partial charge < -0.3 is 11.1 Å². The standard InChI is InChI=1S/C9H11BrN2/c10-9-7-5-12-4-3-6(7)1-2-8(9)11/h1-2,12H,3-5,11H2. The van der Waals surface area contributed by atoms with Crippen LogP contribution in [-0.2, 0) is 13.0 Å². The Morgan fingerprint density at radius 3 is 3.08 bits per heavy atom. The van der Waals surface area contributed by atoms with Gasteiger partial charge in [-0.15, -0.1) is 0 Å². The van der Waals surface area contributed by atoms with Gasteiger partial charge in [-0.1, -0.05) is 6.07 Å². The molecule has 2 nitrogen and oxygen atoms in total. The lowest BCUT2D eigenvalue weighted by Gasteiger charge is -2.19. The summed E-state index contributed by atoms with van der Waals surface area (Å²) in [6.45, 7) is 2.00. The van der Waals surface area contributed by atoms with Crippen molar-refractivity contribution < 1.29 is 0 Å². The van der Waals surface area contributed by atoms with Crippen molar-refractivity contribution in [2.24, 2.45) is 0 Å². The molecule has 1 aromatic carbocycles. The lowest BCUT2D eigenvalue weighted by atomic mass is 10.0. The second-order valence-corrected chi connectivity index (χ2v) is 3.83. The van der Waals surface area contributed by atoms with E-state index in [1.54, 1.807) is 0 Å². The minimum atomic E-state index is 0.831. The van der Waals surface area contributed by atoms with Crippen LogP contribution in [0.3, 0.4) is 0 Å². The van der Waals surface area contributed by atoms with Crippen LogP contribution in [0.1, 0.15) is 11.1 Å². The first-order valence-electron chi connectivity index (χ1n) is 4.05. The van der Waals surface area contributed by atoms with E-state index in [1.165, 1.54) is 11.1 Å². The Kier molecular flexibility index (Phi) is 2.07. The quantitative estimate of drug-likeness (QED) is 0.661. The van der Waals surface area contributed by atoms with Crippen LogP contribution in [0.15, 0.2) is 16.6 Å². The van der Waals surface area contributed by atoms with Gasteiger partial charge in [0.15, 0.2) is 0 Å². The van der Waals surface area contributed by atoms with Crippen molar-refractivity contribution in [2.45, 2.75) is 13.0 Å². The Balaban J connectivity index is 2.54. The van der Waals surface area contributed by atoms with Crippen molar-refractivity contribution >= 4 is 21.6 Å². The first-order valence-corrected chi connectivity index (χ1v) is 4.85. The zero-order valence-corrected chi connectivity index (χ0v) is 8.32. The number of nitrogens with two attached hydrogens (primary N) is 1. The molecule has 0 fully saturated rings. The van der Waals surface area contributed by atoms with Gasteiger partial charge in [0.05, 0.1) is 0 Å². The first-order chi connectivity index (χ1) is 5.79. The monoisotopic (exact) mass is 226 g/mol. The third-order valence-electron chi connectivity index (χ3n) is 2.24. The Labute approximate surface area is 80.3 Å². The highest BCUT2D eigenvalue weighted by Crippen LogP contribution is 2.28. The highest BCUT2D eigenvalue weighted by atomic mass is 79.9. The summed E-state index contributed by atoms with van der Waals surface area (Å²) in [5, 5.41) is 3.32. The predicted molar refractivity (Wildman–Crippen MR) is 54.0 cm³/mol. The van der Waals surface area contributed by atoms with E-state index in [0.29, 0.717) is 0 Å². The lowest BCUT2D eigenvalue weighted by Crippen LogP contribution is -2.24. The van der Waals surface area contributed by atoms with Crippen LogP contribution in [-0.4, -0.2) is 6.54 Å². The number of fused-ring (bicyclic) bond motifs is 1. The Bertz CT molecular complexity index is 310. The second-order valence-electron chi connectivity index (χ2n) is 3.03. The largest absolute Gasteiger partial charge is 0.398 e. The molecule has 0 saturated heterocycles. The van der Waals surface area contributed by atoms with Crippen LogP contribution < -0.4 is 11.1 Å². The fraction of sp³-hybridized carbons (Fsp3) is 0.333. The van der Waals surface area contributed by atoms with E-state index >= 15 is 0 Å². The van der Waals surface area contributed by atoms with Crippen LogP contribution in [0.25, 0.3) is 0 Å². The molecule has 0 saturated carbocycles. The molecule has 0 unspecified atom stereocenters. The Hall–Kier alpha value is -0.540. The molecule has 0 amide bonds. The molecule has 1 aromatic rings. The summed E-state index contributed by atoms with van der Waals surface area (Å²) in [5.41, 5.74) is 9.33. The van der Waals surface area contributed by atoms with E-state index in [4.69, 9.17) is 5.73 Å². The molecule has 0 aromatic heterocycles. The maximum absolute atomic E-state index is 5.77. The molecule has 3 heteroatoms. The van der Waals surface area contributed by atoms with E-state index in [1.807, 2.05) is 6.07 Å². The summed E-state index contributed by atoms with van der Waals surface area (Å²) in [6, 6.07) is 4.09. The molecule has 0 radical (unpaired) electrons. The number of halogens is 1. The van der Waals surface area contributed by atoms with Crippen LogP contribution in [0.5, 0.6) is 0 Å². The Morgan fingerprint density at radius 2 is 2.25 bits per heavy atom. The summed E-state index contributed by atoms with van der Waals surface area (Å²) in [4.78, 5) is 0. The van der Waals surface area contributed by atoms with Crippen LogP contribution >= 0.6 is 15.9 Å². The average molecular weight is 227 g/mol. The van der Waals surface area contributed by atoms with Gasteiger partial charge in [0.1, 0.15) is 0 Å². The maximum atomic E-state index is 5.77. The smallest absolute Gasteiger partial charge is 0.0462 e. The number of nitrogen functional groups attached to an aromatic ring is 1. The molecule has 12 heavy (non-hydrogen) atoms. The summed E-state index contributed by atoms with van der Waals surface area (Å²) in [7, 11) is 0. The number of benzene rings is 1. The molecule has 1 aliphatic rings.